The molecule has 118 valence electrons. The van der Waals surface area contributed by atoms with Crippen molar-refractivity contribution in [3.8, 4) is 0 Å². The molecule has 1 spiro atoms. The summed E-state index contributed by atoms with van der Waals surface area (Å²) in [5.74, 6) is -0.127. The van der Waals surface area contributed by atoms with E-state index in [4.69, 9.17) is 9.47 Å². The minimum atomic E-state index is -1.08. The van der Waals surface area contributed by atoms with Crippen molar-refractivity contribution in [1.82, 2.24) is 0 Å². The summed E-state index contributed by atoms with van der Waals surface area (Å²) in [5.41, 5.74) is -1.08. The topological polar surface area (TPSA) is 52.6 Å². The molecule has 1 aliphatic heterocycles. The number of Topliss-reactive ketones (excluding diaryl/α,β-unsaturated/α-hetero) is 1. The molecule has 0 amide bonds. The molecule has 0 N–H and O–H groups in total. The van der Waals surface area contributed by atoms with Crippen molar-refractivity contribution in [3.63, 3.8) is 0 Å². The van der Waals surface area contributed by atoms with E-state index in [0.29, 0.717) is 13.0 Å². The Morgan fingerprint density at radius 3 is 2.67 bits per heavy atom. The lowest BCUT2D eigenvalue weighted by Crippen LogP contribution is -2.71. The second-order valence-corrected chi connectivity index (χ2v) is 8.54. The minimum absolute atomic E-state index is 0.00502. The van der Waals surface area contributed by atoms with E-state index in [9.17, 15) is 9.59 Å². The van der Waals surface area contributed by atoms with Gasteiger partial charge in [-0.3, -0.25) is 9.59 Å². The van der Waals surface area contributed by atoms with E-state index in [1.54, 1.807) is 0 Å². The summed E-state index contributed by atoms with van der Waals surface area (Å²) in [6.07, 6.45) is 5.45. The molecule has 3 rings (SSSR count). The molecule has 6 heteroatoms. The van der Waals surface area contributed by atoms with Crippen LogP contribution in [0.5, 0.6) is 0 Å². The van der Waals surface area contributed by atoms with Gasteiger partial charge in [0.15, 0.2) is 15.7 Å². The van der Waals surface area contributed by atoms with Gasteiger partial charge >= 0.3 is 5.97 Å². The molecule has 1 saturated heterocycles. The Bertz CT molecular complexity index is 461. The highest BCUT2D eigenvalue weighted by atomic mass is 79.9. The number of hydrogen-bond acceptors (Lipinski definition) is 4. The highest BCUT2D eigenvalue weighted by Gasteiger charge is 2.72. The molecule has 0 aromatic carbocycles. The molecule has 3 aliphatic rings. The van der Waals surface area contributed by atoms with Crippen molar-refractivity contribution in [1.29, 1.82) is 0 Å². The molecule has 21 heavy (non-hydrogen) atoms. The zero-order valence-corrected chi connectivity index (χ0v) is 15.2. The van der Waals surface area contributed by atoms with Crippen LogP contribution in [0.3, 0.4) is 0 Å². The van der Waals surface area contributed by atoms with E-state index >= 15 is 0 Å². The van der Waals surface area contributed by atoms with Crippen molar-refractivity contribution >= 4 is 43.6 Å². The van der Waals surface area contributed by atoms with E-state index in [1.165, 1.54) is 7.11 Å². The number of ether oxygens (including phenoxy) is 2. The Hall–Kier alpha value is 0.0600. The molecule has 0 aromatic heterocycles. The predicted octanol–water partition coefficient (Wildman–Crippen LogP) is 2.99. The van der Waals surface area contributed by atoms with Crippen LogP contribution in [0.1, 0.15) is 38.5 Å². The number of carbonyl (C=O) groups is 2. The number of esters is 1. The fourth-order valence-corrected chi connectivity index (χ4v) is 6.73. The van der Waals surface area contributed by atoms with Gasteiger partial charge in [-0.1, -0.05) is 44.7 Å². The second kappa shape index (κ2) is 5.60. The van der Waals surface area contributed by atoms with Gasteiger partial charge in [0.25, 0.3) is 0 Å². The fourth-order valence-electron chi connectivity index (χ4n) is 4.49. The third-order valence-corrected chi connectivity index (χ3v) is 8.09. The molecular formula is C15H20Br2O4. The summed E-state index contributed by atoms with van der Waals surface area (Å²) in [5, 5.41) is 0. The SMILES string of the molecule is COC(=O)[C@]1(Br)[C@H]2CCCC[C@H]2[C@H](Br)C(=O)[C@]12CCCO2. The van der Waals surface area contributed by atoms with Crippen molar-refractivity contribution < 1.29 is 19.1 Å². The van der Waals surface area contributed by atoms with E-state index < -0.39 is 9.93 Å². The van der Waals surface area contributed by atoms with Gasteiger partial charge in [0.2, 0.25) is 0 Å². The van der Waals surface area contributed by atoms with Crippen LogP contribution in [0.25, 0.3) is 0 Å². The largest absolute Gasteiger partial charge is 0.468 e. The summed E-state index contributed by atoms with van der Waals surface area (Å²) in [6.45, 7) is 0.521. The number of alkyl halides is 2. The van der Waals surface area contributed by atoms with Crippen LogP contribution in [0.4, 0.5) is 0 Å². The second-order valence-electron chi connectivity index (χ2n) is 6.30. The van der Waals surface area contributed by atoms with E-state index in [2.05, 4.69) is 31.9 Å². The first-order chi connectivity index (χ1) is 9.99. The minimum Gasteiger partial charge on any atom is -0.468 e. The van der Waals surface area contributed by atoms with Crippen LogP contribution in [0.15, 0.2) is 0 Å². The summed E-state index contributed by atoms with van der Waals surface area (Å²) in [6, 6.07) is 0. The summed E-state index contributed by atoms with van der Waals surface area (Å²) >= 11 is 7.27. The van der Waals surface area contributed by atoms with Crippen LogP contribution in [-0.2, 0) is 19.1 Å². The van der Waals surface area contributed by atoms with Gasteiger partial charge in [0.05, 0.1) is 11.9 Å². The average Bonchev–Trinajstić information content (AvgIpc) is 3.01. The molecule has 5 atom stereocenters. The Morgan fingerprint density at radius 1 is 1.33 bits per heavy atom. The van der Waals surface area contributed by atoms with Crippen LogP contribution < -0.4 is 0 Å². The van der Waals surface area contributed by atoms with Gasteiger partial charge in [-0.25, -0.2) is 0 Å². The van der Waals surface area contributed by atoms with Crippen LogP contribution in [0.2, 0.25) is 0 Å². The summed E-state index contributed by atoms with van der Waals surface area (Å²) in [4.78, 5) is 25.4. The van der Waals surface area contributed by atoms with E-state index in [-0.39, 0.29) is 28.4 Å². The van der Waals surface area contributed by atoms with Gasteiger partial charge in [0, 0.05) is 6.61 Å². The lowest BCUT2D eigenvalue weighted by molar-refractivity contribution is -0.172. The van der Waals surface area contributed by atoms with Gasteiger partial charge in [-0.15, -0.1) is 0 Å². The molecule has 0 radical (unpaired) electrons. The Morgan fingerprint density at radius 2 is 2.05 bits per heavy atom. The fraction of sp³-hybridized carbons (Fsp3) is 0.867. The summed E-state index contributed by atoms with van der Waals surface area (Å²) < 4.78 is 9.96. The number of fused-ring (bicyclic) bond motifs is 1. The molecule has 3 fully saturated rings. The van der Waals surface area contributed by atoms with Crippen LogP contribution in [-0.4, -0.2) is 40.2 Å². The molecule has 2 aliphatic carbocycles. The lowest BCUT2D eigenvalue weighted by Gasteiger charge is -2.55. The number of hydrogen-bond donors (Lipinski definition) is 0. The number of ketones is 1. The van der Waals surface area contributed by atoms with E-state index in [0.717, 1.165) is 32.1 Å². The lowest BCUT2D eigenvalue weighted by atomic mass is 9.58. The first kappa shape index (κ1) is 15.9. The smallest absolute Gasteiger partial charge is 0.326 e. The van der Waals surface area contributed by atoms with Crippen LogP contribution in [0, 0.1) is 11.8 Å². The van der Waals surface area contributed by atoms with Gasteiger partial charge in [0.1, 0.15) is 0 Å². The number of rotatable bonds is 1. The van der Waals surface area contributed by atoms with Crippen molar-refractivity contribution in [2.75, 3.05) is 13.7 Å². The Labute approximate surface area is 141 Å². The molecule has 0 unspecified atom stereocenters. The monoisotopic (exact) mass is 422 g/mol. The Kier molecular flexibility index (Phi) is 4.25. The average molecular weight is 424 g/mol. The summed E-state index contributed by atoms with van der Waals surface area (Å²) in [7, 11) is 1.39. The quantitative estimate of drug-likeness (QED) is 0.480. The highest BCUT2D eigenvalue weighted by molar-refractivity contribution is 9.10. The zero-order valence-electron chi connectivity index (χ0n) is 12.1. The first-order valence-corrected chi connectivity index (χ1v) is 9.29. The molecule has 1 heterocycles. The highest BCUT2D eigenvalue weighted by Crippen LogP contribution is 2.59. The third kappa shape index (κ3) is 2.01. The Balaban J connectivity index is 2.13. The first-order valence-electron chi connectivity index (χ1n) is 7.58. The standard InChI is InChI=1S/C15H20Br2O4/c1-20-13(19)15(17)10-6-3-2-5-9(10)11(16)12(18)14(15)7-4-8-21-14/h9-11H,2-8H2,1H3/t9-,10+,11+,14-,15-/m1/s1. The van der Waals surface area contributed by atoms with Gasteiger partial charge < -0.3 is 9.47 Å². The molecule has 2 saturated carbocycles. The number of carbonyl (C=O) groups excluding carboxylic acids is 2. The van der Waals surface area contributed by atoms with Gasteiger partial charge in [-0.2, -0.15) is 0 Å². The van der Waals surface area contributed by atoms with Crippen molar-refractivity contribution in [3.05, 3.63) is 0 Å². The third-order valence-electron chi connectivity index (χ3n) is 5.45. The molecule has 0 bridgehead atoms. The van der Waals surface area contributed by atoms with Crippen molar-refractivity contribution in [2.24, 2.45) is 11.8 Å². The molecule has 0 aromatic rings. The molecular weight excluding hydrogens is 404 g/mol. The maximum Gasteiger partial charge on any atom is 0.326 e. The predicted molar refractivity (Wildman–Crippen MR) is 84.8 cm³/mol. The number of methoxy groups -OCH3 is 1. The zero-order chi connectivity index (χ0) is 15.3. The van der Waals surface area contributed by atoms with E-state index in [1.807, 2.05) is 0 Å². The van der Waals surface area contributed by atoms with Crippen LogP contribution >= 0.6 is 31.9 Å². The number of halogens is 2. The maximum atomic E-state index is 13.0. The maximum absolute atomic E-state index is 13.0. The normalized spacial score (nSPS) is 46.4. The van der Waals surface area contributed by atoms with Gasteiger partial charge in [-0.05, 0) is 37.5 Å². The van der Waals surface area contributed by atoms with Crippen molar-refractivity contribution in [2.45, 2.75) is 53.3 Å². The molecule has 4 nitrogen and oxygen atoms in total.